The van der Waals surface area contributed by atoms with E-state index in [1.54, 1.807) is 24.4 Å². The molecule has 0 fully saturated rings. The highest BCUT2D eigenvalue weighted by molar-refractivity contribution is 5.81. The topological polar surface area (TPSA) is 96.9 Å². The number of hydrogen-bond donors (Lipinski definition) is 1. The summed E-state index contributed by atoms with van der Waals surface area (Å²) in [5.74, 6) is -1.35. The molecule has 0 aliphatic carbocycles. The minimum atomic E-state index is -1.05. The molecule has 0 saturated carbocycles. The molecule has 0 aromatic carbocycles. The number of aliphatic carboxylic acids is 1. The van der Waals surface area contributed by atoms with Gasteiger partial charge in [-0.1, -0.05) is 13.0 Å². The van der Waals surface area contributed by atoms with Crippen LogP contribution in [0.25, 0.3) is 5.65 Å². The number of hydrogen-bond acceptors (Lipinski definition) is 4. The van der Waals surface area contributed by atoms with Crippen LogP contribution in [0.2, 0.25) is 0 Å². The Balaban J connectivity index is 2.06. The van der Waals surface area contributed by atoms with E-state index >= 15 is 0 Å². The molecule has 2 rings (SSSR count). The molecule has 2 heterocycles. The van der Waals surface area contributed by atoms with Crippen LogP contribution in [0.5, 0.6) is 0 Å². The number of nitrogens with zero attached hydrogens (tertiary/aromatic N) is 4. The van der Waals surface area contributed by atoms with E-state index in [9.17, 15) is 14.4 Å². The van der Waals surface area contributed by atoms with E-state index in [-0.39, 0.29) is 31.1 Å². The predicted octanol–water partition coefficient (Wildman–Crippen LogP) is 0.209. The molecule has 22 heavy (non-hydrogen) atoms. The van der Waals surface area contributed by atoms with Gasteiger partial charge in [-0.15, -0.1) is 5.10 Å². The number of fused-ring (bicyclic) bond motifs is 1. The Bertz CT molecular complexity index is 734. The van der Waals surface area contributed by atoms with Crippen molar-refractivity contribution in [2.75, 3.05) is 13.1 Å². The molecule has 8 heteroatoms. The summed E-state index contributed by atoms with van der Waals surface area (Å²) in [7, 11) is 0. The summed E-state index contributed by atoms with van der Waals surface area (Å²) < 4.78 is 2.61. The average Bonchev–Trinajstić information content (AvgIpc) is 2.81. The van der Waals surface area contributed by atoms with Gasteiger partial charge >= 0.3 is 11.7 Å². The van der Waals surface area contributed by atoms with Crippen molar-refractivity contribution >= 4 is 17.5 Å². The van der Waals surface area contributed by atoms with Crippen LogP contribution in [0.3, 0.4) is 0 Å². The van der Waals surface area contributed by atoms with Gasteiger partial charge in [0.15, 0.2) is 5.65 Å². The highest BCUT2D eigenvalue weighted by Crippen LogP contribution is 2.00. The highest BCUT2D eigenvalue weighted by atomic mass is 16.4. The van der Waals surface area contributed by atoms with Crippen molar-refractivity contribution in [1.29, 1.82) is 0 Å². The molecular formula is C14H18N4O4. The summed E-state index contributed by atoms with van der Waals surface area (Å²) in [6.07, 6.45) is 2.32. The van der Waals surface area contributed by atoms with Crippen molar-refractivity contribution in [3.8, 4) is 0 Å². The lowest BCUT2D eigenvalue weighted by molar-refractivity contribution is -0.144. The summed E-state index contributed by atoms with van der Waals surface area (Å²) in [6, 6.07) is 5.20. The summed E-state index contributed by atoms with van der Waals surface area (Å²) in [5.41, 5.74) is 0.194. The maximum atomic E-state index is 12.1. The molecule has 1 N–H and O–H groups in total. The van der Waals surface area contributed by atoms with Gasteiger partial charge in [0, 0.05) is 19.2 Å². The summed E-state index contributed by atoms with van der Waals surface area (Å²) in [4.78, 5) is 36.2. The third-order valence-corrected chi connectivity index (χ3v) is 3.20. The summed E-state index contributed by atoms with van der Waals surface area (Å²) >= 11 is 0. The van der Waals surface area contributed by atoms with Crippen LogP contribution in [0.4, 0.5) is 0 Å². The smallest absolute Gasteiger partial charge is 0.350 e. The third-order valence-electron chi connectivity index (χ3n) is 3.20. The van der Waals surface area contributed by atoms with Gasteiger partial charge in [-0.05, 0) is 18.6 Å². The van der Waals surface area contributed by atoms with Gasteiger partial charge in [0.1, 0.15) is 6.54 Å². The van der Waals surface area contributed by atoms with E-state index < -0.39 is 5.97 Å². The van der Waals surface area contributed by atoms with Crippen molar-refractivity contribution in [2.45, 2.75) is 26.3 Å². The molecule has 0 aliphatic heterocycles. The summed E-state index contributed by atoms with van der Waals surface area (Å²) in [5, 5.41) is 12.9. The van der Waals surface area contributed by atoms with Crippen molar-refractivity contribution in [1.82, 2.24) is 19.1 Å². The molecule has 8 nitrogen and oxygen atoms in total. The quantitative estimate of drug-likeness (QED) is 0.788. The summed E-state index contributed by atoms with van der Waals surface area (Å²) in [6.45, 7) is 2.05. The van der Waals surface area contributed by atoms with Gasteiger partial charge in [0.2, 0.25) is 5.91 Å². The molecule has 2 aromatic heterocycles. The van der Waals surface area contributed by atoms with Crippen molar-refractivity contribution in [2.24, 2.45) is 0 Å². The van der Waals surface area contributed by atoms with Crippen molar-refractivity contribution < 1.29 is 14.7 Å². The van der Waals surface area contributed by atoms with E-state index in [1.165, 1.54) is 14.0 Å². The Morgan fingerprint density at radius 3 is 2.77 bits per heavy atom. The Labute approximate surface area is 126 Å². The van der Waals surface area contributed by atoms with Crippen molar-refractivity contribution in [3.05, 3.63) is 34.9 Å². The Morgan fingerprint density at radius 2 is 2.14 bits per heavy atom. The number of aryl methyl sites for hydroxylation is 1. The second-order valence-corrected chi connectivity index (χ2v) is 4.89. The first-order valence-corrected chi connectivity index (χ1v) is 7.06. The van der Waals surface area contributed by atoms with Crippen LogP contribution < -0.4 is 5.69 Å². The van der Waals surface area contributed by atoms with Crippen LogP contribution >= 0.6 is 0 Å². The lowest BCUT2D eigenvalue weighted by Crippen LogP contribution is -2.37. The second kappa shape index (κ2) is 6.88. The molecule has 1 amide bonds. The Morgan fingerprint density at radius 1 is 1.36 bits per heavy atom. The van der Waals surface area contributed by atoms with E-state index in [0.717, 1.165) is 0 Å². The highest BCUT2D eigenvalue weighted by Gasteiger charge is 2.16. The van der Waals surface area contributed by atoms with Crippen LogP contribution in [0, 0.1) is 0 Å². The van der Waals surface area contributed by atoms with Crippen LogP contribution in [-0.2, 0) is 16.1 Å². The van der Waals surface area contributed by atoms with Crippen LogP contribution in [0.15, 0.2) is 29.2 Å². The molecule has 0 radical (unpaired) electrons. The number of carboxylic acids is 1. The van der Waals surface area contributed by atoms with E-state index in [2.05, 4.69) is 5.10 Å². The molecule has 0 spiro atoms. The maximum Gasteiger partial charge on any atom is 0.350 e. The number of carbonyl (C=O) groups excluding carboxylic acids is 1. The Hall–Kier alpha value is -2.64. The number of amides is 1. The molecule has 0 bridgehead atoms. The van der Waals surface area contributed by atoms with Crippen LogP contribution in [0.1, 0.15) is 19.8 Å². The fourth-order valence-corrected chi connectivity index (χ4v) is 2.20. The minimum Gasteiger partial charge on any atom is -0.480 e. The fourth-order valence-electron chi connectivity index (χ4n) is 2.20. The number of rotatable bonds is 7. The third kappa shape index (κ3) is 3.51. The average molecular weight is 306 g/mol. The molecule has 0 atom stereocenters. The zero-order chi connectivity index (χ0) is 16.1. The number of pyridine rings is 1. The number of carbonyl (C=O) groups is 2. The SMILES string of the molecule is CCCN(CC(=O)O)C(=O)CCn1nc2ccccn2c1=O. The molecule has 2 aromatic rings. The minimum absolute atomic E-state index is 0.0388. The lowest BCUT2D eigenvalue weighted by Gasteiger charge is -2.19. The zero-order valence-corrected chi connectivity index (χ0v) is 12.3. The molecule has 0 aliphatic rings. The monoisotopic (exact) mass is 306 g/mol. The predicted molar refractivity (Wildman–Crippen MR) is 78.6 cm³/mol. The molecular weight excluding hydrogens is 288 g/mol. The van der Waals surface area contributed by atoms with Gasteiger partial charge in [-0.3, -0.25) is 14.0 Å². The van der Waals surface area contributed by atoms with E-state index in [1.807, 2.05) is 6.92 Å². The maximum absolute atomic E-state index is 12.1. The first kappa shape index (κ1) is 15.7. The van der Waals surface area contributed by atoms with Gasteiger partial charge in [-0.25, -0.2) is 9.48 Å². The Kier molecular flexibility index (Phi) is 4.92. The normalized spacial score (nSPS) is 10.8. The zero-order valence-electron chi connectivity index (χ0n) is 12.3. The van der Waals surface area contributed by atoms with E-state index in [4.69, 9.17) is 5.11 Å². The van der Waals surface area contributed by atoms with E-state index in [0.29, 0.717) is 18.6 Å². The number of aromatic nitrogens is 3. The second-order valence-electron chi connectivity index (χ2n) is 4.89. The van der Waals surface area contributed by atoms with Crippen molar-refractivity contribution in [3.63, 3.8) is 0 Å². The first-order valence-electron chi connectivity index (χ1n) is 7.06. The molecule has 0 saturated heterocycles. The van der Waals surface area contributed by atoms with Crippen LogP contribution in [-0.4, -0.2) is 49.2 Å². The number of carboxylic acid groups (broad SMARTS) is 1. The van der Waals surface area contributed by atoms with Gasteiger partial charge in [0.05, 0.1) is 6.54 Å². The van der Waals surface area contributed by atoms with Gasteiger partial charge in [0.25, 0.3) is 0 Å². The molecule has 118 valence electrons. The van der Waals surface area contributed by atoms with Gasteiger partial charge < -0.3 is 10.0 Å². The lowest BCUT2D eigenvalue weighted by atomic mass is 10.3. The van der Waals surface area contributed by atoms with Gasteiger partial charge in [-0.2, -0.15) is 0 Å². The molecule has 0 unspecified atom stereocenters. The standard InChI is InChI=1S/C14H18N4O4/c1-2-7-16(10-13(20)21)12(19)6-9-18-14(22)17-8-4-3-5-11(17)15-18/h3-5,8H,2,6-7,9-10H2,1H3,(H,20,21). The largest absolute Gasteiger partial charge is 0.480 e. The fraction of sp³-hybridized carbons (Fsp3) is 0.429. The first-order chi connectivity index (χ1) is 10.5.